The summed E-state index contributed by atoms with van der Waals surface area (Å²) in [6, 6.07) is 0. The molecule has 1 aromatic heterocycles. The molecule has 0 fully saturated rings. The highest BCUT2D eigenvalue weighted by molar-refractivity contribution is 5.94. The van der Waals surface area contributed by atoms with Crippen molar-refractivity contribution < 1.29 is 14.4 Å². The molecule has 0 aliphatic rings. The summed E-state index contributed by atoms with van der Waals surface area (Å²) >= 11 is 0. The van der Waals surface area contributed by atoms with E-state index >= 15 is 0 Å². The lowest BCUT2D eigenvalue weighted by Gasteiger charge is -2.25. The van der Waals surface area contributed by atoms with Gasteiger partial charge in [-0.1, -0.05) is 55.4 Å². The molecule has 1 heterocycles. The summed E-state index contributed by atoms with van der Waals surface area (Å²) in [5.41, 5.74) is -0.252. The standard InChI is InChI=1S/C20H34N6O3/c1-9-11(3)14(27)21-17-24-18(22-15(28)12(4)10-2)26-19(25-17)23-16(29)13(5)20(6,7)8/h11-13H,9-10H2,1-8H3,(H3,21,22,23,24,25,26,27,28,29). The first kappa shape index (κ1) is 24.5. The van der Waals surface area contributed by atoms with Gasteiger partial charge in [-0.05, 0) is 18.3 Å². The highest BCUT2D eigenvalue weighted by Gasteiger charge is 2.27. The van der Waals surface area contributed by atoms with Gasteiger partial charge in [0.25, 0.3) is 0 Å². The fraction of sp³-hybridized carbons (Fsp3) is 0.700. The Balaban J connectivity index is 3.17. The van der Waals surface area contributed by atoms with Crippen molar-refractivity contribution in [1.82, 2.24) is 15.0 Å². The van der Waals surface area contributed by atoms with Crippen LogP contribution in [0, 0.1) is 23.2 Å². The van der Waals surface area contributed by atoms with Gasteiger partial charge >= 0.3 is 0 Å². The Kier molecular flexibility index (Phi) is 8.66. The van der Waals surface area contributed by atoms with Gasteiger partial charge < -0.3 is 0 Å². The minimum atomic E-state index is -0.310. The van der Waals surface area contributed by atoms with Gasteiger partial charge in [0.2, 0.25) is 35.6 Å². The summed E-state index contributed by atoms with van der Waals surface area (Å²) in [5, 5.41) is 7.90. The Hall–Kier alpha value is -2.58. The fourth-order valence-corrected chi connectivity index (χ4v) is 1.99. The van der Waals surface area contributed by atoms with Crippen LogP contribution in [0.25, 0.3) is 0 Å². The van der Waals surface area contributed by atoms with Crippen molar-refractivity contribution in [2.75, 3.05) is 16.0 Å². The van der Waals surface area contributed by atoms with Gasteiger partial charge in [0, 0.05) is 17.8 Å². The lowest BCUT2D eigenvalue weighted by molar-refractivity contribution is -0.122. The second kappa shape index (κ2) is 10.3. The lowest BCUT2D eigenvalue weighted by atomic mass is 9.81. The Morgan fingerprint density at radius 2 is 1.03 bits per heavy atom. The lowest BCUT2D eigenvalue weighted by Crippen LogP contribution is -2.32. The summed E-state index contributed by atoms with van der Waals surface area (Å²) in [7, 11) is 0. The molecule has 0 aromatic carbocycles. The van der Waals surface area contributed by atoms with Crippen molar-refractivity contribution in [3.05, 3.63) is 0 Å². The molecule has 3 unspecified atom stereocenters. The highest BCUT2D eigenvalue weighted by atomic mass is 16.2. The van der Waals surface area contributed by atoms with Gasteiger partial charge in [-0.2, -0.15) is 15.0 Å². The fourth-order valence-electron chi connectivity index (χ4n) is 1.99. The Labute approximate surface area is 172 Å². The third-order valence-corrected chi connectivity index (χ3v) is 5.15. The first-order chi connectivity index (χ1) is 13.4. The third-order valence-electron chi connectivity index (χ3n) is 5.15. The van der Waals surface area contributed by atoms with Crippen LogP contribution in [-0.2, 0) is 14.4 Å². The van der Waals surface area contributed by atoms with Crippen molar-refractivity contribution in [3.8, 4) is 0 Å². The number of hydrogen-bond acceptors (Lipinski definition) is 6. The summed E-state index contributed by atoms with van der Waals surface area (Å²) in [6.07, 6.45) is 1.31. The molecule has 1 aromatic rings. The third kappa shape index (κ3) is 7.40. The molecule has 9 nitrogen and oxygen atoms in total. The molecule has 0 radical (unpaired) electrons. The van der Waals surface area contributed by atoms with Crippen LogP contribution in [0.5, 0.6) is 0 Å². The van der Waals surface area contributed by atoms with Crippen molar-refractivity contribution in [2.45, 2.75) is 68.2 Å². The van der Waals surface area contributed by atoms with Gasteiger partial charge in [-0.25, -0.2) is 0 Å². The molecular formula is C20H34N6O3. The average Bonchev–Trinajstić information content (AvgIpc) is 2.64. The second-order valence-electron chi connectivity index (χ2n) is 8.48. The van der Waals surface area contributed by atoms with E-state index in [2.05, 4.69) is 30.9 Å². The predicted molar refractivity (Wildman–Crippen MR) is 113 cm³/mol. The maximum atomic E-state index is 12.5. The number of aromatic nitrogens is 3. The number of amides is 3. The number of nitrogens with zero attached hydrogens (tertiary/aromatic N) is 3. The van der Waals surface area contributed by atoms with E-state index in [1.54, 1.807) is 13.8 Å². The van der Waals surface area contributed by atoms with Crippen molar-refractivity contribution >= 4 is 35.6 Å². The van der Waals surface area contributed by atoms with Crippen LogP contribution >= 0.6 is 0 Å². The topological polar surface area (TPSA) is 126 Å². The molecule has 0 bridgehead atoms. The van der Waals surface area contributed by atoms with Crippen molar-refractivity contribution in [2.24, 2.45) is 23.2 Å². The van der Waals surface area contributed by atoms with E-state index in [0.29, 0.717) is 12.8 Å². The molecule has 0 aliphatic carbocycles. The van der Waals surface area contributed by atoms with Crippen LogP contribution in [-0.4, -0.2) is 32.7 Å². The summed E-state index contributed by atoms with van der Waals surface area (Å²) < 4.78 is 0. The predicted octanol–water partition coefficient (Wildman–Crippen LogP) is 3.46. The molecule has 1 rings (SSSR count). The molecule has 3 amide bonds. The molecule has 3 atom stereocenters. The molecule has 162 valence electrons. The van der Waals surface area contributed by atoms with Gasteiger partial charge in [0.1, 0.15) is 0 Å². The zero-order valence-electron chi connectivity index (χ0n) is 18.7. The van der Waals surface area contributed by atoms with Crippen LogP contribution in [0.2, 0.25) is 0 Å². The van der Waals surface area contributed by atoms with Crippen LogP contribution in [0.3, 0.4) is 0 Å². The van der Waals surface area contributed by atoms with Crippen LogP contribution < -0.4 is 16.0 Å². The minimum absolute atomic E-state index is 0.0246. The maximum absolute atomic E-state index is 12.5. The number of anilines is 3. The molecule has 3 N–H and O–H groups in total. The Morgan fingerprint density at radius 3 is 1.31 bits per heavy atom. The SMILES string of the molecule is CCC(C)C(=O)Nc1nc(NC(=O)C(C)CC)nc(NC(=O)C(C)C(C)(C)C)n1. The molecule has 0 aliphatic heterocycles. The smallest absolute Gasteiger partial charge is 0.236 e. The van der Waals surface area contributed by atoms with Gasteiger partial charge in [0.05, 0.1) is 0 Å². The molecular weight excluding hydrogens is 372 g/mol. The maximum Gasteiger partial charge on any atom is 0.236 e. The van der Waals surface area contributed by atoms with E-state index in [4.69, 9.17) is 0 Å². The van der Waals surface area contributed by atoms with E-state index in [1.165, 1.54) is 0 Å². The van der Waals surface area contributed by atoms with E-state index < -0.39 is 0 Å². The van der Waals surface area contributed by atoms with Crippen LogP contribution in [0.15, 0.2) is 0 Å². The van der Waals surface area contributed by atoms with E-state index in [9.17, 15) is 14.4 Å². The molecule has 29 heavy (non-hydrogen) atoms. The second-order valence-corrected chi connectivity index (χ2v) is 8.48. The van der Waals surface area contributed by atoms with E-state index in [1.807, 2.05) is 41.5 Å². The number of rotatable bonds is 8. The zero-order chi connectivity index (χ0) is 22.4. The quantitative estimate of drug-likeness (QED) is 0.607. The highest BCUT2D eigenvalue weighted by Crippen LogP contribution is 2.26. The zero-order valence-corrected chi connectivity index (χ0v) is 18.7. The summed E-state index contributed by atoms with van der Waals surface area (Å²) in [4.78, 5) is 49.4. The van der Waals surface area contributed by atoms with Crippen LogP contribution in [0.1, 0.15) is 68.2 Å². The number of carbonyl (C=O) groups is 3. The van der Waals surface area contributed by atoms with Crippen molar-refractivity contribution in [1.29, 1.82) is 0 Å². The minimum Gasteiger partial charge on any atom is -0.294 e. The molecule has 9 heteroatoms. The summed E-state index contributed by atoms with van der Waals surface area (Å²) in [6.45, 7) is 15.1. The van der Waals surface area contributed by atoms with Gasteiger partial charge in [0.15, 0.2) is 0 Å². The van der Waals surface area contributed by atoms with E-state index in [-0.39, 0.29) is 58.7 Å². The Morgan fingerprint density at radius 1 is 0.724 bits per heavy atom. The number of carbonyl (C=O) groups excluding carboxylic acids is 3. The number of hydrogen-bond donors (Lipinski definition) is 3. The van der Waals surface area contributed by atoms with Crippen LogP contribution in [0.4, 0.5) is 17.8 Å². The largest absolute Gasteiger partial charge is 0.294 e. The normalized spacial score (nSPS) is 14.5. The van der Waals surface area contributed by atoms with Crippen molar-refractivity contribution in [3.63, 3.8) is 0 Å². The first-order valence-corrected chi connectivity index (χ1v) is 10.1. The monoisotopic (exact) mass is 406 g/mol. The molecule has 0 saturated carbocycles. The van der Waals surface area contributed by atoms with E-state index in [0.717, 1.165) is 0 Å². The molecule has 0 spiro atoms. The molecule has 0 saturated heterocycles. The number of nitrogens with one attached hydrogen (secondary N) is 3. The first-order valence-electron chi connectivity index (χ1n) is 10.1. The average molecular weight is 407 g/mol. The summed E-state index contributed by atoms with van der Waals surface area (Å²) in [5.74, 6) is -1.62. The Bertz CT molecular complexity index is 702. The van der Waals surface area contributed by atoms with Gasteiger partial charge in [-0.3, -0.25) is 30.3 Å². The van der Waals surface area contributed by atoms with Gasteiger partial charge in [-0.15, -0.1) is 0 Å².